The summed E-state index contributed by atoms with van der Waals surface area (Å²) in [6.07, 6.45) is 0.926. The summed E-state index contributed by atoms with van der Waals surface area (Å²) in [6, 6.07) is 5.63. The highest BCUT2D eigenvalue weighted by atomic mass is 16.7. The van der Waals surface area contributed by atoms with Crippen molar-refractivity contribution in [2.45, 2.75) is 26.2 Å². The third-order valence-electron chi connectivity index (χ3n) is 3.39. The van der Waals surface area contributed by atoms with Crippen molar-refractivity contribution in [3.8, 4) is 11.5 Å². The van der Waals surface area contributed by atoms with Gasteiger partial charge in [0, 0.05) is 19.5 Å². The quantitative estimate of drug-likeness (QED) is 0.827. The summed E-state index contributed by atoms with van der Waals surface area (Å²) in [6.45, 7) is 2.86. The van der Waals surface area contributed by atoms with Crippen molar-refractivity contribution in [2.24, 2.45) is 0 Å². The molecule has 0 unspecified atom stereocenters. The topological polar surface area (TPSA) is 76.1 Å². The Morgan fingerprint density at radius 1 is 1.24 bits per heavy atom. The van der Waals surface area contributed by atoms with Gasteiger partial charge in [-0.25, -0.2) is 0 Å². The molecule has 21 heavy (non-hydrogen) atoms. The van der Waals surface area contributed by atoms with E-state index in [1.807, 2.05) is 25.1 Å². The molecular formula is C15H19NO5. The highest BCUT2D eigenvalue weighted by Gasteiger charge is 2.15. The molecule has 1 aliphatic rings. The predicted octanol–water partition coefficient (Wildman–Crippen LogP) is 1.67. The first kappa shape index (κ1) is 15.2. The molecule has 1 heterocycles. The van der Waals surface area contributed by atoms with E-state index in [2.05, 4.69) is 0 Å². The van der Waals surface area contributed by atoms with Crippen molar-refractivity contribution in [2.75, 3.05) is 19.9 Å². The molecule has 0 saturated carbocycles. The smallest absolute Gasteiger partial charge is 0.305 e. The molecule has 1 aliphatic heterocycles. The van der Waals surface area contributed by atoms with E-state index in [1.54, 1.807) is 4.90 Å². The van der Waals surface area contributed by atoms with Crippen LogP contribution in [0.1, 0.15) is 25.3 Å². The van der Waals surface area contributed by atoms with E-state index < -0.39 is 5.97 Å². The zero-order valence-corrected chi connectivity index (χ0v) is 12.0. The van der Waals surface area contributed by atoms with Crippen LogP contribution in [0.4, 0.5) is 0 Å². The van der Waals surface area contributed by atoms with Crippen LogP contribution in [0, 0.1) is 0 Å². The van der Waals surface area contributed by atoms with E-state index in [9.17, 15) is 9.59 Å². The number of carbonyl (C=O) groups is 2. The lowest BCUT2D eigenvalue weighted by atomic mass is 10.1. The maximum absolute atomic E-state index is 12.1. The van der Waals surface area contributed by atoms with Gasteiger partial charge >= 0.3 is 5.97 Å². The van der Waals surface area contributed by atoms with Gasteiger partial charge in [0.15, 0.2) is 11.5 Å². The van der Waals surface area contributed by atoms with Gasteiger partial charge < -0.3 is 19.5 Å². The molecule has 6 nitrogen and oxygen atoms in total. The molecule has 1 aromatic carbocycles. The third-order valence-corrected chi connectivity index (χ3v) is 3.39. The standard InChI is InChI=1S/C15H19NO5/c1-2-16(8-7-15(18)19)14(17)6-4-11-3-5-12-13(9-11)21-10-20-12/h3,5,9H,2,4,6-8,10H2,1H3,(H,18,19). The maximum atomic E-state index is 12.1. The number of carbonyl (C=O) groups excluding carboxylic acids is 1. The van der Waals surface area contributed by atoms with Crippen molar-refractivity contribution >= 4 is 11.9 Å². The van der Waals surface area contributed by atoms with Gasteiger partial charge in [-0.05, 0) is 31.0 Å². The fourth-order valence-electron chi connectivity index (χ4n) is 2.20. The van der Waals surface area contributed by atoms with Crippen LogP contribution in [0.5, 0.6) is 11.5 Å². The Labute approximate surface area is 123 Å². The van der Waals surface area contributed by atoms with Crippen molar-refractivity contribution in [1.82, 2.24) is 4.90 Å². The van der Waals surface area contributed by atoms with Gasteiger partial charge in [0.1, 0.15) is 0 Å². The first-order chi connectivity index (χ1) is 10.1. The lowest BCUT2D eigenvalue weighted by Crippen LogP contribution is -2.32. The normalized spacial score (nSPS) is 12.2. The second-order valence-corrected chi connectivity index (χ2v) is 4.80. The molecule has 0 atom stereocenters. The van der Waals surface area contributed by atoms with Gasteiger partial charge in [-0.15, -0.1) is 0 Å². The molecule has 0 spiro atoms. The van der Waals surface area contributed by atoms with E-state index >= 15 is 0 Å². The molecule has 0 aliphatic carbocycles. The summed E-state index contributed by atoms with van der Waals surface area (Å²) in [5.74, 6) is 0.508. The summed E-state index contributed by atoms with van der Waals surface area (Å²) in [5, 5.41) is 8.67. The first-order valence-corrected chi connectivity index (χ1v) is 6.98. The van der Waals surface area contributed by atoms with Crippen molar-refractivity contribution in [3.63, 3.8) is 0 Å². The van der Waals surface area contributed by atoms with Crippen LogP contribution in [0.25, 0.3) is 0 Å². The molecule has 0 radical (unpaired) electrons. The largest absolute Gasteiger partial charge is 0.481 e. The summed E-state index contributed by atoms with van der Waals surface area (Å²) in [4.78, 5) is 24.2. The lowest BCUT2D eigenvalue weighted by Gasteiger charge is -2.19. The lowest BCUT2D eigenvalue weighted by molar-refractivity contribution is -0.138. The van der Waals surface area contributed by atoms with Gasteiger partial charge in [0.2, 0.25) is 12.7 Å². The number of aryl methyl sites for hydroxylation is 1. The summed E-state index contributed by atoms with van der Waals surface area (Å²) in [7, 11) is 0. The number of aliphatic carboxylic acids is 1. The van der Waals surface area contributed by atoms with E-state index in [-0.39, 0.29) is 25.7 Å². The molecule has 1 N–H and O–H groups in total. The number of carboxylic acids is 1. The van der Waals surface area contributed by atoms with Crippen LogP contribution in [-0.2, 0) is 16.0 Å². The zero-order chi connectivity index (χ0) is 15.2. The summed E-state index contributed by atoms with van der Waals surface area (Å²) < 4.78 is 10.5. The van der Waals surface area contributed by atoms with Crippen LogP contribution < -0.4 is 9.47 Å². The van der Waals surface area contributed by atoms with Crippen LogP contribution in [0.3, 0.4) is 0 Å². The number of amides is 1. The van der Waals surface area contributed by atoms with E-state index in [4.69, 9.17) is 14.6 Å². The SMILES string of the molecule is CCN(CCC(=O)O)C(=O)CCc1ccc2c(c1)OCO2. The number of nitrogens with zero attached hydrogens (tertiary/aromatic N) is 1. The van der Waals surface area contributed by atoms with Crippen LogP contribution in [-0.4, -0.2) is 41.8 Å². The molecule has 1 amide bonds. The summed E-state index contributed by atoms with van der Waals surface area (Å²) >= 11 is 0. The number of benzene rings is 1. The Kier molecular flexibility index (Phi) is 5.03. The second kappa shape index (κ2) is 6.97. The van der Waals surface area contributed by atoms with Crippen LogP contribution in [0.15, 0.2) is 18.2 Å². The Bertz CT molecular complexity index is 529. The number of carboxylic acid groups (broad SMARTS) is 1. The van der Waals surface area contributed by atoms with E-state index in [0.29, 0.717) is 25.1 Å². The highest BCUT2D eigenvalue weighted by molar-refractivity contribution is 5.77. The number of ether oxygens (including phenoxy) is 2. The predicted molar refractivity (Wildman–Crippen MR) is 75.4 cm³/mol. The minimum atomic E-state index is -0.892. The zero-order valence-electron chi connectivity index (χ0n) is 12.0. The molecule has 114 valence electrons. The van der Waals surface area contributed by atoms with Gasteiger partial charge in [-0.2, -0.15) is 0 Å². The molecule has 2 rings (SSSR count). The molecule has 6 heteroatoms. The highest BCUT2D eigenvalue weighted by Crippen LogP contribution is 2.32. The number of rotatable bonds is 7. The fourth-order valence-corrected chi connectivity index (χ4v) is 2.20. The minimum Gasteiger partial charge on any atom is -0.481 e. The van der Waals surface area contributed by atoms with Crippen molar-refractivity contribution in [1.29, 1.82) is 0 Å². The van der Waals surface area contributed by atoms with Gasteiger partial charge in [0.05, 0.1) is 6.42 Å². The summed E-state index contributed by atoms with van der Waals surface area (Å²) in [5.41, 5.74) is 1.00. The Morgan fingerprint density at radius 3 is 2.71 bits per heavy atom. The van der Waals surface area contributed by atoms with E-state index in [1.165, 1.54) is 0 Å². The monoisotopic (exact) mass is 293 g/mol. The number of hydrogen-bond donors (Lipinski definition) is 1. The maximum Gasteiger partial charge on any atom is 0.305 e. The fraction of sp³-hybridized carbons (Fsp3) is 0.467. The van der Waals surface area contributed by atoms with E-state index in [0.717, 1.165) is 11.3 Å². The van der Waals surface area contributed by atoms with Gasteiger partial charge in [-0.3, -0.25) is 9.59 Å². The third kappa shape index (κ3) is 4.11. The van der Waals surface area contributed by atoms with Crippen LogP contribution in [0.2, 0.25) is 0 Å². The number of hydrogen-bond acceptors (Lipinski definition) is 4. The molecule has 0 aromatic heterocycles. The van der Waals surface area contributed by atoms with Crippen molar-refractivity contribution in [3.05, 3.63) is 23.8 Å². The molecule has 0 bridgehead atoms. The molecule has 1 aromatic rings. The van der Waals surface area contributed by atoms with Gasteiger partial charge in [0.25, 0.3) is 0 Å². The Morgan fingerprint density at radius 2 is 2.00 bits per heavy atom. The average Bonchev–Trinajstić information content (AvgIpc) is 2.92. The molecular weight excluding hydrogens is 274 g/mol. The second-order valence-electron chi connectivity index (χ2n) is 4.80. The Balaban J connectivity index is 1.86. The first-order valence-electron chi connectivity index (χ1n) is 6.98. The van der Waals surface area contributed by atoms with Crippen molar-refractivity contribution < 1.29 is 24.2 Å². The molecule has 0 saturated heterocycles. The van der Waals surface area contributed by atoms with Gasteiger partial charge in [-0.1, -0.05) is 6.07 Å². The molecule has 0 fully saturated rings. The number of fused-ring (bicyclic) bond motifs is 1. The van der Waals surface area contributed by atoms with Crippen LogP contribution >= 0.6 is 0 Å². The average molecular weight is 293 g/mol. The minimum absolute atomic E-state index is 0.0242. The Hall–Kier alpha value is -2.24.